The molecule has 0 radical (unpaired) electrons. The van der Waals surface area contributed by atoms with Crippen LogP contribution in [-0.4, -0.2) is 51.5 Å². The minimum absolute atomic E-state index is 0.173. The number of benzene rings is 1. The van der Waals surface area contributed by atoms with E-state index in [-0.39, 0.29) is 11.4 Å². The quantitative estimate of drug-likeness (QED) is 0.414. The van der Waals surface area contributed by atoms with Gasteiger partial charge in [0.2, 0.25) is 0 Å². The first-order chi connectivity index (χ1) is 13.9. The van der Waals surface area contributed by atoms with Crippen molar-refractivity contribution < 1.29 is 28.7 Å². The summed E-state index contributed by atoms with van der Waals surface area (Å²) in [5.41, 5.74) is -0.816. The van der Waals surface area contributed by atoms with Gasteiger partial charge in [0.15, 0.2) is 11.8 Å². The predicted octanol–water partition coefficient (Wildman–Crippen LogP) is 1.23. The van der Waals surface area contributed by atoms with Crippen LogP contribution in [0, 0.1) is 10.1 Å². The highest BCUT2D eigenvalue weighted by molar-refractivity contribution is 5.83. The molecule has 0 aliphatic carbocycles. The molecular formula is C18H24N4O8. The number of imidazole rings is 1. The molecule has 12 nitrogen and oxygen atoms in total. The van der Waals surface area contributed by atoms with E-state index in [9.17, 15) is 24.5 Å². The molecule has 12 heteroatoms. The summed E-state index contributed by atoms with van der Waals surface area (Å²) in [6.45, 7) is 4.50. The number of carbonyl (C=O) groups excluding carboxylic acids is 2. The maximum atomic E-state index is 12.1. The number of hydrogen-bond donors (Lipinski definition) is 1. The van der Waals surface area contributed by atoms with Gasteiger partial charge in [-0.1, -0.05) is 0 Å². The molecule has 30 heavy (non-hydrogen) atoms. The second kappa shape index (κ2) is 8.43. The maximum Gasteiger partial charge on any atom is 0.408 e. The first-order valence-corrected chi connectivity index (χ1v) is 8.89. The first-order valence-electron chi connectivity index (χ1n) is 8.89. The molecule has 1 heterocycles. The lowest BCUT2D eigenvalue weighted by molar-refractivity contribution is -0.385. The van der Waals surface area contributed by atoms with Crippen LogP contribution in [0.15, 0.2) is 16.9 Å². The smallest absolute Gasteiger partial charge is 0.408 e. The number of fused-ring (bicyclic) bond motifs is 1. The molecule has 1 unspecified atom stereocenters. The number of nitrogens with one attached hydrogen (secondary N) is 1. The molecule has 1 atom stereocenters. The van der Waals surface area contributed by atoms with E-state index < -0.39 is 40.9 Å². The van der Waals surface area contributed by atoms with Crippen molar-refractivity contribution >= 4 is 28.8 Å². The Morgan fingerprint density at radius 2 is 1.77 bits per heavy atom. The Hall–Kier alpha value is -3.57. The number of esters is 1. The second-order valence-electron chi connectivity index (χ2n) is 7.50. The van der Waals surface area contributed by atoms with Crippen LogP contribution in [0.4, 0.5) is 10.5 Å². The van der Waals surface area contributed by atoms with Crippen LogP contribution >= 0.6 is 0 Å². The number of aryl methyl sites for hydroxylation is 2. The van der Waals surface area contributed by atoms with Gasteiger partial charge in [0, 0.05) is 26.2 Å². The fraction of sp³-hybridized carbons (Fsp3) is 0.500. The molecule has 0 spiro atoms. The van der Waals surface area contributed by atoms with Crippen molar-refractivity contribution in [2.45, 2.75) is 32.4 Å². The van der Waals surface area contributed by atoms with Crippen LogP contribution < -0.4 is 15.7 Å². The van der Waals surface area contributed by atoms with Crippen LogP contribution in [0.3, 0.4) is 0 Å². The Bertz CT molecular complexity index is 1050. The highest BCUT2D eigenvalue weighted by Gasteiger charge is 2.28. The van der Waals surface area contributed by atoms with Gasteiger partial charge in [-0.15, -0.1) is 0 Å². The van der Waals surface area contributed by atoms with Gasteiger partial charge in [-0.3, -0.25) is 19.2 Å². The Labute approximate surface area is 171 Å². The number of nitro benzene ring substituents is 1. The van der Waals surface area contributed by atoms with Crippen molar-refractivity contribution in [2.75, 3.05) is 13.7 Å². The van der Waals surface area contributed by atoms with E-state index in [0.29, 0.717) is 11.0 Å². The Balaban J connectivity index is 2.34. The Morgan fingerprint density at radius 1 is 1.20 bits per heavy atom. The number of nitro groups is 1. The number of rotatable bonds is 6. The second-order valence-corrected chi connectivity index (χ2v) is 7.50. The van der Waals surface area contributed by atoms with Crippen molar-refractivity contribution in [3.8, 4) is 5.75 Å². The fourth-order valence-corrected chi connectivity index (χ4v) is 2.71. The van der Waals surface area contributed by atoms with Gasteiger partial charge in [0.25, 0.3) is 0 Å². The summed E-state index contributed by atoms with van der Waals surface area (Å²) < 4.78 is 17.8. The molecule has 164 valence electrons. The van der Waals surface area contributed by atoms with Gasteiger partial charge < -0.3 is 19.5 Å². The summed E-state index contributed by atoms with van der Waals surface area (Å²) >= 11 is 0. The van der Waals surface area contributed by atoms with E-state index in [1.54, 1.807) is 20.8 Å². The zero-order chi connectivity index (χ0) is 22.8. The molecule has 0 aliphatic heterocycles. The lowest BCUT2D eigenvalue weighted by Gasteiger charge is -2.22. The minimum Gasteiger partial charge on any atom is -0.484 e. The number of carbonyl (C=O) groups is 2. The SMILES string of the molecule is COC(=O)C(COc1cc2c(cc1[N+](=O)[O-])n(C)c(=O)n2C)NC(=O)OC(C)(C)C. The molecule has 2 rings (SSSR count). The molecule has 0 saturated heterocycles. The lowest BCUT2D eigenvalue weighted by Crippen LogP contribution is -2.47. The van der Waals surface area contributed by atoms with Crippen LogP contribution in [0.2, 0.25) is 0 Å². The van der Waals surface area contributed by atoms with Crippen LogP contribution in [0.1, 0.15) is 20.8 Å². The van der Waals surface area contributed by atoms with E-state index in [4.69, 9.17) is 9.47 Å². The molecule has 0 aliphatic rings. The number of hydrogen-bond acceptors (Lipinski definition) is 8. The van der Waals surface area contributed by atoms with Gasteiger partial charge in [0.1, 0.15) is 12.2 Å². The third-order valence-electron chi connectivity index (χ3n) is 4.13. The van der Waals surface area contributed by atoms with Crippen molar-refractivity contribution in [3.05, 3.63) is 32.7 Å². The van der Waals surface area contributed by atoms with Crippen LogP contribution in [-0.2, 0) is 28.4 Å². The summed E-state index contributed by atoms with van der Waals surface area (Å²) in [6, 6.07) is 1.26. The molecule has 1 aromatic carbocycles. The molecule has 2 aromatic rings. The summed E-state index contributed by atoms with van der Waals surface area (Å²) in [7, 11) is 4.13. The van der Waals surface area contributed by atoms with E-state index in [2.05, 4.69) is 10.1 Å². The Morgan fingerprint density at radius 3 is 2.27 bits per heavy atom. The number of ether oxygens (including phenoxy) is 3. The molecule has 1 aromatic heterocycles. The van der Waals surface area contributed by atoms with E-state index in [1.165, 1.54) is 35.4 Å². The zero-order valence-corrected chi connectivity index (χ0v) is 17.5. The highest BCUT2D eigenvalue weighted by Crippen LogP contribution is 2.31. The zero-order valence-electron chi connectivity index (χ0n) is 17.5. The van der Waals surface area contributed by atoms with Crippen LogP contribution in [0.5, 0.6) is 5.75 Å². The average Bonchev–Trinajstić information content (AvgIpc) is 2.86. The fourth-order valence-electron chi connectivity index (χ4n) is 2.71. The summed E-state index contributed by atoms with van der Waals surface area (Å²) in [4.78, 5) is 46.9. The largest absolute Gasteiger partial charge is 0.484 e. The van der Waals surface area contributed by atoms with E-state index in [0.717, 1.165) is 7.11 Å². The molecule has 0 fully saturated rings. The number of amides is 1. The lowest BCUT2D eigenvalue weighted by atomic mass is 10.2. The highest BCUT2D eigenvalue weighted by atomic mass is 16.6. The van der Waals surface area contributed by atoms with Crippen molar-refractivity contribution in [2.24, 2.45) is 14.1 Å². The van der Waals surface area contributed by atoms with Gasteiger partial charge in [-0.2, -0.15) is 0 Å². The third kappa shape index (κ3) is 4.88. The van der Waals surface area contributed by atoms with Crippen molar-refractivity contribution in [1.29, 1.82) is 0 Å². The molecule has 1 amide bonds. The van der Waals surface area contributed by atoms with E-state index >= 15 is 0 Å². The predicted molar refractivity (Wildman–Crippen MR) is 105 cm³/mol. The number of aromatic nitrogens is 2. The first kappa shape index (κ1) is 22.7. The number of nitrogens with zero attached hydrogens (tertiary/aromatic N) is 3. The van der Waals surface area contributed by atoms with Crippen molar-refractivity contribution in [3.63, 3.8) is 0 Å². The average molecular weight is 424 g/mol. The third-order valence-corrected chi connectivity index (χ3v) is 4.13. The monoisotopic (exact) mass is 424 g/mol. The number of alkyl carbamates (subject to hydrolysis) is 1. The Kier molecular flexibility index (Phi) is 6.38. The van der Waals surface area contributed by atoms with E-state index in [1.807, 2.05) is 0 Å². The van der Waals surface area contributed by atoms with Gasteiger partial charge in [-0.25, -0.2) is 14.4 Å². The summed E-state index contributed by atoms with van der Waals surface area (Å²) in [5.74, 6) is -0.995. The summed E-state index contributed by atoms with van der Waals surface area (Å²) in [5, 5.41) is 13.8. The maximum absolute atomic E-state index is 12.1. The molecule has 0 bridgehead atoms. The normalized spacial score (nSPS) is 12.3. The molecular weight excluding hydrogens is 400 g/mol. The van der Waals surface area contributed by atoms with Crippen LogP contribution in [0.25, 0.3) is 11.0 Å². The van der Waals surface area contributed by atoms with Crippen molar-refractivity contribution in [1.82, 2.24) is 14.5 Å². The van der Waals surface area contributed by atoms with Gasteiger partial charge >= 0.3 is 23.4 Å². The summed E-state index contributed by atoms with van der Waals surface area (Å²) in [6.07, 6.45) is -0.878. The topological polar surface area (TPSA) is 144 Å². The molecule has 1 N–H and O–H groups in total. The standard InChI is InChI=1S/C18H24N4O8/c1-18(2,3)30-16(24)19-10(15(23)28-6)9-29-14-8-12-11(7-13(14)22(26)27)20(4)17(25)21(12)5/h7-8,10H,9H2,1-6H3,(H,19,24). The minimum atomic E-state index is -1.28. The van der Waals surface area contributed by atoms with Gasteiger partial charge in [-0.05, 0) is 20.8 Å². The molecule has 0 saturated carbocycles. The number of methoxy groups -OCH3 is 1. The van der Waals surface area contributed by atoms with Gasteiger partial charge in [0.05, 0.1) is 23.1 Å².